The number of carbonyl (C=O) groups excluding carboxylic acids is 3. The molecule has 1 aromatic heterocycles. The third-order valence-corrected chi connectivity index (χ3v) is 4.52. The van der Waals surface area contributed by atoms with E-state index in [1.54, 1.807) is 42.7 Å². The van der Waals surface area contributed by atoms with Crippen LogP contribution < -0.4 is 20.1 Å². The van der Waals surface area contributed by atoms with E-state index in [1.165, 1.54) is 14.2 Å². The van der Waals surface area contributed by atoms with Gasteiger partial charge >= 0.3 is 6.03 Å². The van der Waals surface area contributed by atoms with E-state index >= 15 is 0 Å². The van der Waals surface area contributed by atoms with Crippen molar-refractivity contribution in [2.45, 2.75) is 25.6 Å². The van der Waals surface area contributed by atoms with Crippen LogP contribution in [0.25, 0.3) is 0 Å². The zero-order valence-electron chi connectivity index (χ0n) is 16.2. The van der Waals surface area contributed by atoms with Gasteiger partial charge in [0.1, 0.15) is 6.04 Å². The highest BCUT2D eigenvalue weighted by atomic mass is 16.5. The largest absolute Gasteiger partial charge is 0.493 e. The lowest BCUT2D eigenvalue weighted by atomic mass is 10.1. The van der Waals surface area contributed by atoms with Crippen LogP contribution in [0.2, 0.25) is 0 Å². The third-order valence-electron chi connectivity index (χ3n) is 4.52. The second kappa shape index (κ2) is 9.05. The molecular weight excluding hydrogens is 376 g/mol. The maximum atomic E-state index is 12.6. The van der Waals surface area contributed by atoms with Gasteiger partial charge in [-0.25, -0.2) is 4.79 Å². The van der Waals surface area contributed by atoms with E-state index in [9.17, 15) is 14.4 Å². The van der Waals surface area contributed by atoms with Crippen molar-refractivity contribution in [3.8, 4) is 11.5 Å². The molecular formula is C20H22N4O5. The SMILES string of the molecule is COc1ccc(CN2C(=O)NC(CC(=O)NCc3ccncc3)C2=O)cc1OC. The van der Waals surface area contributed by atoms with Crippen LogP contribution in [0.4, 0.5) is 4.79 Å². The summed E-state index contributed by atoms with van der Waals surface area (Å²) in [5.41, 5.74) is 1.60. The summed E-state index contributed by atoms with van der Waals surface area (Å²) >= 11 is 0. The molecule has 1 atom stereocenters. The normalized spacial score (nSPS) is 15.8. The van der Waals surface area contributed by atoms with Crippen molar-refractivity contribution in [3.63, 3.8) is 0 Å². The Bertz CT molecular complexity index is 903. The molecule has 9 heteroatoms. The van der Waals surface area contributed by atoms with Crippen molar-refractivity contribution in [3.05, 3.63) is 53.9 Å². The predicted octanol–water partition coefficient (Wildman–Crippen LogP) is 1.23. The zero-order valence-corrected chi connectivity index (χ0v) is 16.2. The van der Waals surface area contributed by atoms with Gasteiger partial charge in [-0.1, -0.05) is 6.07 Å². The van der Waals surface area contributed by atoms with Crippen LogP contribution >= 0.6 is 0 Å². The molecule has 1 aromatic carbocycles. The van der Waals surface area contributed by atoms with Gasteiger partial charge in [0, 0.05) is 18.9 Å². The highest BCUT2D eigenvalue weighted by Crippen LogP contribution is 2.28. The lowest BCUT2D eigenvalue weighted by Gasteiger charge is -2.15. The van der Waals surface area contributed by atoms with Crippen molar-refractivity contribution in [1.82, 2.24) is 20.5 Å². The number of methoxy groups -OCH3 is 2. The predicted molar refractivity (Wildman–Crippen MR) is 103 cm³/mol. The molecule has 0 bridgehead atoms. The molecule has 9 nitrogen and oxygen atoms in total. The van der Waals surface area contributed by atoms with Crippen LogP contribution in [-0.4, -0.2) is 48.0 Å². The van der Waals surface area contributed by atoms with E-state index in [1.807, 2.05) is 0 Å². The number of amides is 4. The Morgan fingerprint density at radius 1 is 1.10 bits per heavy atom. The second-order valence-corrected chi connectivity index (χ2v) is 6.45. The highest BCUT2D eigenvalue weighted by Gasteiger charge is 2.39. The molecule has 1 saturated heterocycles. The molecule has 0 aliphatic carbocycles. The van der Waals surface area contributed by atoms with E-state index in [4.69, 9.17) is 9.47 Å². The molecule has 4 amide bonds. The van der Waals surface area contributed by atoms with Gasteiger partial charge in [0.05, 0.1) is 27.2 Å². The lowest BCUT2D eigenvalue weighted by Crippen LogP contribution is -2.36. The first-order valence-corrected chi connectivity index (χ1v) is 9.00. The maximum Gasteiger partial charge on any atom is 0.325 e. The van der Waals surface area contributed by atoms with Gasteiger partial charge in [0.2, 0.25) is 5.91 Å². The average Bonchev–Trinajstić information content (AvgIpc) is 3.00. The minimum Gasteiger partial charge on any atom is -0.493 e. The van der Waals surface area contributed by atoms with Crippen molar-refractivity contribution >= 4 is 17.8 Å². The number of hydrogen-bond donors (Lipinski definition) is 2. The number of hydrogen-bond acceptors (Lipinski definition) is 6. The minimum absolute atomic E-state index is 0.0696. The van der Waals surface area contributed by atoms with Gasteiger partial charge in [-0.15, -0.1) is 0 Å². The van der Waals surface area contributed by atoms with Crippen molar-refractivity contribution < 1.29 is 23.9 Å². The smallest absolute Gasteiger partial charge is 0.325 e. The van der Waals surface area contributed by atoms with Crippen LogP contribution in [0, 0.1) is 0 Å². The van der Waals surface area contributed by atoms with Gasteiger partial charge in [-0.2, -0.15) is 0 Å². The summed E-state index contributed by atoms with van der Waals surface area (Å²) in [4.78, 5) is 42.0. The minimum atomic E-state index is -0.889. The number of nitrogens with zero attached hydrogens (tertiary/aromatic N) is 2. The molecule has 152 valence electrons. The van der Waals surface area contributed by atoms with Crippen molar-refractivity contribution in [2.75, 3.05) is 14.2 Å². The second-order valence-electron chi connectivity index (χ2n) is 6.45. The zero-order chi connectivity index (χ0) is 20.8. The van der Waals surface area contributed by atoms with Gasteiger partial charge in [-0.3, -0.25) is 19.5 Å². The Morgan fingerprint density at radius 3 is 2.52 bits per heavy atom. The van der Waals surface area contributed by atoms with Crippen LogP contribution in [0.3, 0.4) is 0 Å². The molecule has 0 radical (unpaired) electrons. The van der Waals surface area contributed by atoms with Crippen LogP contribution in [0.15, 0.2) is 42.7 Å². The van der Waals surface area contributed by atoms with E-state index in [0.717, 1.165) is 10.5 Å². The maximum absolute atomic E-state index is 12.6. The Balaban J connectivity index is 1.58. The standard InChI is InChI=1S/C20H22N4O5/c1-28-16-4-3-14(9-17(16)29-2)12-24-19(26)15(23-20(24)27)10-18(25)22-11-13-5-7-21-8-6-13/h3-9,15H,10-12H2,1-2H3,(H,22,25)(H,23,27). The van der Waals surface area contributed by atoms with E-state index in [2.05, 4.69) is 15.6 Å². The summed E-state index contributed by atoms with van der Waals surface area (Å²) in [5, 5.41) is 5.30. The number of urea groups is 1. The fourth-order valence-electron chi connectivity index (χ4n) is 2.99. The lowest BCUT2D eigenvalue weighted by molar-refractivity contribution is -0.131. The molecule has 1 fully saturated rings. The average molecular weight is 398 g/mol. The number of pyridine rings is 1. The highest BCUT2D eigenvalue weighted by molar-refractivity contribution is 6.05. The molecule has 0 spiro atoms. The Morgan fingerprint density at radius 2 is 1.83 bits per heavy atom. The number of nitrogens with one attached hydrogen (secondary N) is 2. The van der Waals surface area contributed by atoms with Gasteiger partial charge < -0.3 is 20.1 Å². The first kappa shape index (κ1) is 20.1. The van der Waals surface area contributed by atoms with E-state index in [0.29, 0.717) is 23.6 Å². The van der Waals surface area contributed by atoms with Gasteiger partial charge in [0.25, 0.3) is 5.91 Å². The number of carbonyl (C=O) groups is 3. The molecule has 1 unspecified atom stereocenters. The van der Waals surface area contributed by atoms with Crippen molar-refractivity contribution in [2.24, 2.45) is 0 Å². The molecule has 0 saturated carbocycles. The Hall–Kier alpha value is -3.62. The summed E-state index contributed by atoms with van der Waals surface area (Å²) < 4.78 is 10.4. The molecule has 2 N–H and O–H groups in total. The quantitative estimate of drug-likeness (QED) is 0.647. The van der Waals surface area contributed by atoms with E-state index < -0.39 is 18.0 Å². The Labute approximate surface area is 168 Å². The monoisotopic (exact) mass is 398 g/mol. The fraction of sp³-hybridized carbons (Fsp3) is 0.300. The summed E-state index contributed by atoms with van der Waals surface area (Å²) in [6.45, 7) is 0.395. The molecule has 2 heterocycles. The van der Waals surface area contributed by atoms with E-state index in [-0.39, 0.29) is 18.9 Å². The van der Waals surface area contributed by atoms with Crippen LogP contribution in [-0.2, 0) is 22.7 Å². The molecule has 3 rings (SSSR count). The number of aromatic nitrogens is 1. The van der Waals surface area contributed by atoms with Crippen LogP contribution in [0.1, 0.15) is 17.5 Å². The Kier molecular flexibility index (Phi) is 6.28. The van der Waals surface area contributed by atoms with Gasteiger partial charge in [0.15, 0.2) is 11.5 Å². The molecule has 2 aromatic rings. The van der Waals surface area contributed by atoms with Crippen LogP contribution in [0.5, 0.6) is 11.5 Å². The first-order chi connectivity index (χ1) is 14.0. The number of rotatable bonds is 8. The number of benzene rings is 1. The molecule has 1 aliphatic rings. The summed E-state index contributed by atoms with van der Waals surface area (Å²) in [6, 6.07) is 7.31. The van der Waals surface area contributed by atoms with Crippen molar-refractivity contribution in [1.29, 1.82) is 0 Å². The summed E-state index contributed by atoms with van der Waals surface area (Å²) in [7, 11) is 3.04. The fourth-order valence-corrected chi connectivity index (χ4v) is 2.99. The third kappa shape index (κ3) is 4.81. The molecule has 1 aliphatic heterocycles. The topological polar surface area (TPSA) is 110 Å². The molecule has 29 heavy (non-hydrogen) atoms. The number of imide groups is 1. The number of ether oxygens (including phenoxy) is 2. The van der Waals surface area contributed by atoms with Gasteiger partial charge in [-0.05, 0) is 35.4 Å². The summed E-state index contributed by atoms with van der Waals surface area (Å²) in [5.74, 6) is 0.290. The first-order valence-electron chi connectivity index (χ1n) is 9.00. The summed E-state index contributed by atoms with van der Waals surface area (Å²) in [6.07, 6.45) is 3.14.